The van der Waals surface area contributed by atoms with Crippen LogP contribution in [0, 0.1) is 23.7 Å². The number of methoxy groups -OCH3 is 1. The smallest absolute Gasteiger partial charge is 0.331 e. The van der Waals surface area contributed by atoms with E-state index in [4.69, 9.17) is 5.11 Å². The first-order chi connectivity index (χ1) is 6.81. The van der Waals surface area contributed by atoms with E-state index in [0.717, 1.165) is 0 Å². The van der Waals surface area contributed by atoms with Gasteiger partial charge in [0.25, 0.3) is 0 Å². The third kappa shape index (κ3) is 8.39. The number of unbranched alkanes of at least 4 members (excludes halogenated alkanes) is 1. The highest BCUT2D eigenvalue weighted by Crippen LogP contribution is 1.81. The predicted octanol–water partition coefficient (Wildman–Crippen LogP) is 0.495. The van der Waals surface area contributed by atoms with Crippen molar-refractivity contribution >= 4 is 5.97 Å². The molecule has 0 amide bonds. The minimum Gasteiger partial charge on any atom is -0.466 e. The van der Waals surface area contributed by atoms with E-state index < -0.39 is 5.97 Å². The molecule has 3 nitrogen and oxygen atoms in total. The topological polar surface area (TPSA) is 46.5 Å². The second-order valence-electron chi connectivity index (χ2n) is 2.25. The Balaban J connectivity index is 3.75. The number of hydrogen-bond acceptors (Lipinski definition) is 3. The molecule has 74 valence electrons. The van der Waals surface area contributed by atoms with Gasteiger partial charge in [0, 0.05) is 19.1 Å². The van der Waals surface area contributed by atoms with Gasteiger partial charge in [-0.3, -0.25) is 0 Å². The first kappa shape index (κ1) is 12.3. The van der Waals surface area contributed by atoms with Crippen molar-refractivity contribution in [1.29, 1.82) is 0 Å². The first-order valence-electron chi connectivity index (χ1n) is 4.15. The molecule has 0 bridgehead atoms. The molecule has 0 aromatic rings. The Morgan fingerprint density at radius 1 is 1.50 bits per heavy atom. The molecule has 0 radical (unpaired) electrons. The van der Waals surface area contributed by atoms with E-state index in [0.29, 0.717) is 12.8 Å². The summed E-state index contributed by atoms with van der Waals surface area (Å²) < 4.78 is 4.35. The van der Waals surface area contributed by atoms with Gasteiger partial charge in [-0.05, 0) is 24.3 Å². The second-order valence-corrected chi connectivity index (χ2v) is 2.25. The molecule has 0 saturated carbocycles. The summed E-state index contributed by atoms with van der Waals surface area (Å²) in [4.78, 5) is 10.5. The van der Waals surface area contributed by atoms with Crippen LogP contribution in [0.4, 0.5) is 0 Å². The number of carbonyl (C=O) groups is 1. The molecule has 0 spiro atoms. The zero-order valence-electron chi connectivity index (χ0n) is 8.04. The van der Waals surface area contributed by atoms with Crippen LogP contribution < -0.4 is 0 Å². The highest BCUT2D eigenvalue weighted by Gasteiger charge is 1.85. The van der Waals surface area contributed by atoms with Gasteiger partial charge in [-0.1, -0.05) is 11.8 Å². The van der Waals surface area contributed by atoms with Crippen molar-refractivity contribution in [2.75, 3.05) is 13.7 Å². The zero-order chi connectivity index (χ0) is 10.6. The van der Waals surface area contributed by atoms with Crippen molar-refractivity contribution in [3.8, 4) is 23.7 Å². The number of ether oxygens (including phenoxy) is 1. The van der Waals surface area contributed by atoms with E-state index in [9.17, 15) is 4.79 Å². The van der Waals surface area contributed by atoms with Gasteiger partial charge in [0.15, 0.2) is 0 Å². The number of carbonyl (C=O) groups excluding carboxylic acids is 1. The molecule has 0 rings (SSSR count). The summed E-state index contributed by atoms with van der Waals surface area (Å²) in [5, 5.41) is 8.43. The van der Waals surface area contributed by atoms with Gasteiger partial charge in [0.2, 0.25) is 0 Å². The summed E-state index contributed by atoms with van der Waals surface area (Å²) in [7, 11) is 1.30. The Labute approximate surface area is 83.8 Å². The third-order valence-corrected chi connectivity index (χ3v) is 1.19. The van der Waals surface area contributed by atoms with Gasteiger partial charge in [0.05, 0.1) is 7.11 Å². The minimum absolute atomic E-state index is 0.143. The van der Waals surface area contributed by atoms with Crippen LogP contribution in [-0.4, -0.2) is 24.8 Å². The molecule has 0 heterocycles. The SMILES string of the molecule is COC(=O)C=CC#CC#CCCCO. The van der Waals surface area contributed by atoms with Crippen LogP contribution in [0.15, 0.2) is 12.2 Å². The summed E-state index contributed by atoms with van der Waals surface area (Å²) in [6.45, 7) is 0.143. The molecule has 0 aliphatic carbocycles. The monoisotopic (exact) mass is 192 g/mol. The van der Waals surface area contributed by atoms with Gasteiger partial charge in [-0.15, -0.1) is 0 Å². The molecule has 0 fully saturated rings. The molecule has 0 aliphatic heterocycles. The number of aliphatic hydroxyl groups is 1. The lowest BCUT2D eigenvalue weighted by atomic mass is 10.3. The Kier molecular flexibility index (Phi) is 8.23. The summed E-state index contributed by atoms with van der Waals surface area (Å²) in [6, 6.07) is 0. The lowest BCUT2D eigenvalue weighted by Crippen LogP contribution is -1.92. The number of aliphatic hydroxyl groups excluding tert-OH is 1. The predicted molar refractivity (Wildman–Crippen MR) is 53.0 cm³/mol. The van der Waals surface area contributed by atoms with Crippen LogP contribution >= 0.6 is 0 Å². The summed E-state index contributed by atoms with van der Waals surface area (Å²) >= 11 is 0. The highest BCUT2D eigenvalue weighted by atomic mass is 16.5. The summed E-state index contributed by atoms with van der Waals surface area (Å²) in [5.74, 6) is 10.0. The quantitative estimate of drug-likeness (QED) is 0.306. The Morgan fingerprint density at radius 3 is 2.93 bits per heavy atom. The average molecular weight is 192 g/mol. The Hall–Kier alpha value is -1.71. The van der Waals surface area contributed by atoms with E-state index in [-0.39, 0.29) is 6.61 Å². The maximum absolute atomic E-state index is 10.5. The minimum atomic E-state index is -0.437. The van der Waals surface area contributed by atoms with Crippen LogP contribution in [0.1, 0.15) is 12.8 Å². The van der Waals surface area contributed by atoms with Crippen molar-refractivity contribution < 1.29 is 14.6 Å². The lowest BCUT2D eigenvalue weighted by Gasteiger charge is -1.84. The Bertz CT molecular complexity index is 307. The van der Waals surface area contributed by atoms with E-state index in [1.807, 2.05) is 0 Å². The van der Waals surface area contributed by atoms with Gasteiger partial charge < -0.3 is 9.84 Å². The molecule has 0 aliphatic rings. The van der Waals surface area contributed by atoms with Crippen LogP contribution in [0.2, 0.25) is 0 Å². The lowest BCUT2D eigenvalue weighted by molar-refractivity contribution is -0.134. The normalized spacial score (nSPS) is 8.43. The van der Waals surface area contributed by atoms with Gasteiger partial charge >= 0.3 is 5.97 Å². The number of allylic oxidation sites excluding steroid dienone is 1. The van der Waals surface area contributed by atoms with Crippen LogP contribution in [-0.2, 0) is 9.53 Å². The van der Waals surface area contributed by atoms with Crippen molar-refractivity contribution in [3.05, 3.63) is 12.2 Å². The number of rotatable bonds is 3. The zero-order valence-corrected chi connectivity index (χ0v) is 8.04. The number of esters is 1. The fraction of sp³-hybridized carbons (Fsp3) is 0.364. The number of hydrogen-bond donors (Lipinski definition) is 1. The van der Waals surface area contributed by atoms with Crippen LogP contribution in [0.25, 0.3) is 0 Å². The molecule has 0 saturated heterocycles. The maximum Gasteiger partial charge on any atom is 0.331 e. The molecule has 0 aromatic carbocycles. The molecule has 3 heteroatoms. The standard InChI is InChI=1S/C11H12O3/c1-14-11(13)9-7-5-3-2-4-6-8-10-12/h7,9,12H,6,8,10H2,1H3. The Morgan fingerprint density at radius 2 is 2.29 bits per heavy atom. The molecule has 0 unspecified atom stereocenters. The first-order valence-corrected chi connectivity index (χ1v) is 4.15. The van der Waals surface area contributed by atoms with Crippen LogP contribution in [0.3, 0.4) is 0 Å². The van der Waals surface area contributed by atoms with E-state index >= 15 is 0 Å². The van der Waals surface area contributed by atoms with Gasteiger partial charge in [-0.25, -0.2) is 4.79 Å². The fourth-order valence-electron chi connectivity index (χ4n) is 0.530. The second kappa shape index (κ2) is 9.38. The van der Waals surface area contributed by atoms with Crippen molar-refractivity contribution in [2.24, 2.45) is 0 Å². The van der Waals surface area contributed by atoms with Crippen molar-refractivity contribution in [2.45, 2.75) is 12.8 Å². The molecule has 14 heavy (non-hydrogen) atoms. The summed E-state index contributed by atoms with van der Waals surface area (Å²) in [6.07, 6.45) is 3.90. The van der Waals surface area contributed by atoms with E-state index in [1.165, 1.54) is 19.3 Å². The summed E-state index contributed by atoms with van der Waals surface area (Å²) in [5.41, 5.74) is 0. The van der Waals surface area contributed by atoms with Crippen molar-refractivity contribution in [3.63, 3.8) is 0 Å². The van der Waals surface area contributed by atoms with Crippen LogP contribution in [0.5, 0.6) is 0 Å². The molecule has 0 aromatic heterocycles. The molecular formula is C11H12O3. The maximum atomic E-state index is 10.5. The highest BCUT2D eigenvalue weighted by molar-refractivity contribution is 5.82. The van der Waals surface area contributed by atoms with E-state index in [1.54, 1.807) is 0 Å². The average Bonchev–Trinajstić information content (AvgIpc) is 2.21. The molecule has 1 N–H and O–H groups in total. The van der Waals surface area contributed by atoms with Gasteiger partial charge in [0.1, 0.15) is 0 Å². The van der Waals surface area contributed by atoms with E-state index in [2.05, 4.69) is 28.4 Å². The molecular weight excluding hydrogens is 180 g/mol. The largest absolute Gasteiger partial charge is 0.466 e. The fourth-order valence-corrected chi connectivity index (χ4v) is 0.530. The molecule has 0 atom stereocenters. The van der Waals surface area contributed by atoms with Crippen molar-refractivity contribution in [1.82, 2.24) is 0 Å². The third-order valence-electron chi connectivity index (χ3n) is 1.19. The van der Waals surface area contributed by atoms with Gasteiger partial charge in [-0.2, -0.15) is 0 Å².